The maximum absolute atomic E-state index is 11.8. The molecule has 1 amide bonds. The zero-order valence-corrected chi connectivity index (χ0v) is 11.7. The molecule has 1 heterocycles. The molecule has 2 N–H and O–H groups in total. The van der Waals surface area contributed by atoms with Crippen molar-refractivity contribution in [3.63, 3.8) is 0 Å². The van der Waals surface area contributed by atoms with Crippen molar-refractivity contribution in [1.82, 2.24) is 9.97 Å². The van der Waals surface area contributed by atoms with E-state index in [1.54, 1.807) is 30.6 Å². The number of aromatic amines is 1. The molecule has 0 aliphatic carbocycles. The smallest absolute Gasteiger partial charge is 0.234 e. The standard InChI is InChI=1S/C12H12ClN3O2S/c1-18-10-3-2-8(13)6-9(10)16-11(17)7-19-12-14-4-5-15-12/h2-6H,7H2,1H3,(H,14,15)(H,16,17). The van der Waals surface area contributed by atoms with E-state index in [1.165, 1.54) is 18.9 Å². The number of H-pyrrole nitrogens is 1. The first-order valence-electron chi connectivity index (χ1n) is 5.44. The fourth-order valence-corrected chi connectivity index (χ4v) is 2.23. The first-order valence-corrected chi connectivity index (χ1v) is 6.81. The van der Waals surface area contributed by atoms with E-state index >= 15 is 0 Å². The third kappa shape index (κ3) is 3.90. The monoisotopic (exact) mass is 297 g/mol. The predicted molar refractivity (Wildman–Crippen MR) is 75.9 cm³/mol. The van der Waals surface area contributed by atoms with Gasteiger partial charge < -0.3 is 15.0 Å². The number of anilines is 1. The number of nitrogens with zero attached hydrogens (tertiary/aromatic N) is 1. The summed E-state index contributed by atoms with van der Waals surface area (Å²) < 4.78 is 5.15. The molecule has 1 aromatic carbocycles. The molecule has 0 saturated carbocycles. The number of benzene rings is 1. The molecule has 0 atom stereocenters. The molecule has 0 spiro atoms. The Kier molecular flexibility index (Phi) is 4.70. The summed E-state index contributed by atoms with van der Waals surface area (Å²) >= 11 is 7.21. The number of hydrogen-bond donors (Lipinski definition) is 2. The lowest BCUT2D eigenvalue weighted by molar-refractivity contribution is -0.113. The fraction of sp³-hybridized carbons (Fsp3) is 0.167. The molecular weight excluding hydrogens is 286 g/mol. The third-order valence-electron chi connectivity index (χ3n) is 2.25. The molecule has 7 heteroatoms. The van der Waals surface area contributed by atoms with Gasteiger partial charge in [-0.2, -0.15) is 0 Å². The van der Waals surface area contributed by atoms with Gasteiger partial charge in [-0.1, -0.05) is 23.4 Å². The number of methoxy groups -OCH3 is 1. The number of hydrogen-bond acceptors (Lipinski definition) is 4. The van der Waals surface area contributed by atoms with Crippen LogP contribution in [0.15, 0.2) is 35.7 Å². The normalized spacial score (nSPS) is 10.2. The first-order chi connectivity index (χ1) is 9.19. The van der Waals surface area contributed by atoms with Crippen LogP contribution in [0, 0.1) is 0 Å². The molecular formula is C12H12ClN3O2S. The van der Waals surface area contributed by atoms with Crippen molar-refractivity contribution < 1.29 is 9.53 Å². The summed E-state index contributed by atoms with van der Waals surface area (Å²) in [6.07, 6.45) is 3.35. The minimum atomic E-state index is -0.151. The van der Waals surface area contributed by atoms with Crippen molar-refractivity contribution in [3.8, 4) is 5.75 Å². The number of aromatic nitrogens is 2. The number of carbonyl (C=O) groups is 1. The molecule has 0 radical (unpaired) electrons. The molecule has 5 nitrogen and oxygen atoms in total. The zero-order valence-electron chi connectivity index (χ0n) is 10.1. The van der Waals surface area contributed by atoms with Gasteiger partial charge in [-0.15, -0.1) is 0 Å². The topological polar surface area (TPSA) is 67.0 Å². The molecule has 0 bridgehead atoms. The summed E-state index contributed by atoms with van der Waals surface area (Å²) in [5.41, 5.74) is 0.556. The number of thioether (sulfide) groups is 1. The van der Waals surface area contributed by atoms with Crippen LogP contribution in [-0.2, 0) is 4.79 Å². The van der Waals surface area contributed by atoms with Gasteiger partial charge in [-0.25, -0.2) is 4.98 Å². The number of rotatable bonds is 5. The number of nitrogens with one attached hydrogen (secondary N) is 2. The molecule has 2 aromatic rings. The molecule has 0 unspecified atom stereocenters. The number of carbonyl (C=O) groups excluding carboxylic acids is 1. The molecule has 2 rings (SSSR count). The van der Waals surface area contributed by atoms with Gasteiger partial charge in [0.05, 0.1) is 18.6 Å². The second-order valence-corrected chi connectivity index (χ2v) is 4.98. The van der Waals surface area contributed by atoms with Gasteiger partial charge in [-0.05, 0) is 18.2 Å². The van der Waals surface area contributed by atoms with Gasteiger partial charge in [-0.3, -0.25) is 4.79 Å². The number of ether oxygens (including phenoxy) is 1. The Morgan fingerprint density at radius 3 is 3.11 bits per heavy atom. The van der Waals surface area contributed by atoms with E-state index in [0.29, 0.717) is 21.6 Å². The van der Waals surface area contributed by atoms with E-state index in [9.17, 15) is 4.79 Å². The highest BCUT2D eigenvalue weighted by molar-refractivity contribution is 7.99. The maximum Gasteiger partial charge on any atom is 0.234 e. The number of halogens is 1. The van der Waals surface area contributed by atoms with Gasteiger partial charge in [0.2, 0.25) is 5.91 Å². The van der Waals surface area contributed by atoms with Crippen LogP contribution in [0.25, 0.3) is 0 Å². The van der Waals surface area contributed by atoms with Crippen molar-refractivity contribution >= 4 is 35.0 Å². The third-order valence-corrected chi connectivity index (χ3v) is 3.39. The molecule has 100 valence electrons. The maximum atomic E-state index is 11.8. The van der Waals surface area contributed by atoms with E-state index in [0.717, 1.165) is 0 Å². The average molecular weight is 298 g/mol. The molecule has 0 fully saturated rings. The van der Waals surface area contributed by atoms with Crippen molar-refractivity contribution in [2.24, 2.45) is 0 Å². The minimum absolute atomic E-state index is 0.151. The van der Waals surface area contributed by atoms with E-state index in [2.05, 4.69) is 15.3 Å². The summed E-state index contributed by atoms with van der Waals surface area (Å²) in [6.45, 7) is 0. The van der Waals surface area contributed by atoms with Gasteiger partial charge in [0.15, 0.2) is 5.16 Å². The van der Waals surface area contributed by atoms with Crippen LogP contribution in [0.5, 0.6) is 5.75 Å². The summed E-state index contributed by atoms with van der Waals surface area (Å²) in [6, 6.07) is 5.06. The zero-order chi connectivity index (χ0) is 13.7. The summed E-state index contributed by atoms with van der Waals surface area (Å²) in [5.74, 6) is 0.672. The average Bonchev–Trinajstić information content (AvgIpc) is 2.90. The Bertz CT molecular complexity index is 560. The van der Waals surface area contributed by atoms with Crippen molar-refractivity contribution in [1.29, 1.82) is 0 Å². The van der Waals surface area contributed by atoms with Crippen LogP contribution >= 0.6 is 23.4 Å². The highest BCUT2D eigenvalue weighted by Crippen LogP contribution is 2.27. The summed E-state index contributed by atoms with van der Waals surface area (Å²) in [5, 5.41) is 3.99. The lowest BCUT2D eigenvalue weighted by Gasteiger charge is -2.10. The second kappa shape index (κ2) is 6.49. The Balaban J connectivity index is 1.96. The van der Waals surface area contributed by atoms with Crippen LogP contribution < -0.4 is 10.1 Å². The van der Waals surface area contributed by atoms with Gasteiger partial charge in [0.25, 0.3) is 0 Å². The van der Waals surface area contributed by atoms with E-state index in [1.807, 2.05) is 0 Å². The van der Waals surface area contributed by atoms with Crippen molar-refractivity contribution in [3.05, 3.63) is 35.6 Å². The van der Waals surface area contributed by atoms with Gasteiger partial charge in [0, 0.05) is 17.4 Å². The molecule has 1 aromatic heterocycles. The minimum Gasteiger partial charge on any atom is -0.495 e. The lowest BCUT2D eigenvalue weighted by atomic mass is 10.3. The second-order valence-electron chi connectivity index (χ2n) is 3.58. The van der Waals surface area contributed by atoms with E-state index in [4.69, 9.17) is 16.3 Å². The number of imidazole rings is 1. The van der Waals surface area contributed by atoms with Crippen LogP contribution in [0.4, 0.5) is 5.69 Å². The Labute approximate surface area is 119 Å². The van der Waals surface area contributed by atoms with E-state index < -0.39 is 0 Å². The lowest BCUT2D eigenvalue weighted by Crippen LogP contribution is -2.14. The SMILES string of the molecule is COc1ccc(Cl)cc1NC(=O)CSc1ncc[nH]1. The summed E-state index contributed by atoms with van der Waals surface area (Å²) in [7, 11) is 1.54. The van der Waals surface area contributed by atoms with E-state index in [-0.39, 0.29) is 11.7 Å². The Morgan fingerprint density at radius 1 is 1.58 bits per heavy atom. The largest absolute Gasteiger partial charge is 0.495 e. The fourth-order valence-electron chi connectivity index (χ4n) is 1.43. The highest BCUT2D eigenvalue weighted by Gasteiger charge is 2.09. The van der Waals surface area contributed by atoms with Crippen LogP contribution in [0.1, 0.15) is 0 Å². The Morgan fingerprint density at radius 2 is 2.42 bits per heavy atom. The molecule has 0 saturated heterocycles. The van der Waals surface area contributed by atoms with Gasteiger partial charge in [0.1, 0.15) is 5.75 Å². The van der Waals surface area contributed by atoms with Crippen LogP contribution in [-0.4, -0.2) is 28.7 Å². The number of amides is 1. The van der Waals surface area contributed by atoms with Crippen LogP contribution in [0.2, 0.25) is 5.02 Å². The molecule has 19 heavy (non-hydrogen) atoms. The predicted octanol–water partition coefficient (Wildman–Crippen LogP) is 2.80. The van der Waals surface area contributed by atoms with Crippen molar-refractivity contribution in [2.75, 3.05) is 18.2 Å². The molecule has 0 aliphatic heterocycles. The Hall–Kier alpha value is -1.66. The molecule has 0 aliphatic rings. The first kappa shape index (κ1) is 13.8. The van der Waals surface area contributed by atoms with Gasteiger partial charge >= 0.3 is 0 Å². The van der Waals surface area contributed by atoms with Crippen molar-refractivity contribution in [2.45, 2.75) is 5.16 Å². The summed E-state index contributed by atoms with van der Waals surface area (Å²) in [4.78, 5) is 18.8. The van der Waals surface area contributed by atoms with Crippen LogP contribution in [0.3, 0.4) is 0 Å². The highest BCUT2D eigenvalue weighted by atomic mass is 35.5. The quantitative estimate of drug-likeness (QED) is 0.833.